The molecule has 1 aromatic heterocycles. The minimum atomic E-state index is 0.524. The van der Waals surface area contributed by atoms with Crippen molar-refractivity contribution in [2.75, 3.05) is 6.54 Å². The number of nitrogens with one attached hydrogen (secondary N) is 1. The van der Waals surface area contributed by atoms with Gasteiger partial charge in [-0.15, -0.1) is 0 Å². The third-order valence-electron chi connectivity index (χ3n) is 4.06. The second kappa shape index (κ2) is 4.81. The zero-order valence-electron chi connectivity index (χ0n) is 11.5. The molecule has 0 radical (unpaired) electrons. The van der Waals surface area contributed by atoms with Crippen molar-refractivity contribution < 1.29 is 0 Å². The molecule has 2 atom stereocenters. The van der Waals surface area contributed by atoms with Gasteiger partial charge in [0.25, 0.3) is 0 Å². The fraction of sp³-hybridized carbons (Fsp3) is 0.786. The van der Waals surface area contributed by atoms with E-state index in [4.69, 9.17) is 0 Å². The molecular formula is C14H25N3. The van der Waals surface area contributed by atoms with Gasteiger partial charge < -0.3 is 9.88 Å². The molecule has 3 nitrogen and oxygen atoms in total. The van der Waals surface area contributed by atoms with E-state index < -0.39 is 0 Å². The van der Waals surface area contributed by atoms with E-state index in [1.807, 2.05) is 12.4 Å². The van der Waals surface area contributed by atoms with E-state index in [0.29, 0.717) is 11.5 Å². The molecule has 96 valence electrons. The van der Waals surface area contributed by atoms with Gasteiger partial charge in [-0.3, -0.25) is 0 Å². The van der Waals surface area contributed by atoms with E-state index in [-0.39, 0.29) is 0 Å². The zero-order chi connectivity index (χ0) is 12.5. The number of nitrogens with zero attached hydrogens (tertiary/aromatic N) is 2. The Bertz CT molecular complexity index is 367. The number of rotatable bonds is 6. The first-order chi connectivity index (χ1) is 8.04. The van der Waals surface area contributed by atoms with Gasteiger partial charge in [-0.2, -0.15) is 0 Å². The Balaban J connectivity index is 1.99. The first kappa shape index (κ1) is 12.6. The van der Waals surface area contributed by atoms with Crippen LogP contribution in [-0.4, -0.2) is 22.1 Å². The van der Waals surface area contributed by atoms with Crippen LogP contribution in [0.25, 0.3) is 0 Å². The first-order valence-corrected chi connectivity index (χ1v) is 6.74. The number of hydrogen-bond acceptors (Lipinski definition) is 2. The van der Waals surface area contributed by atoms with Crippen LogP contribution >= 0.6 is 0 Å². The SMILES string of the molecule is CCCNC(Cc1nccn1C)C1CC1(C)C. The fourth-order valence-electron chi connectivity index (χ4n) is 2.67. The maximum absolute atomic E-state index is 4.44. The summed E-state index contributed by atoms with van der Waals surface area (Å²) < 4.78 is 2.13. The van der Waals surface area contributed by atoms with E-state index in [2.05, 4.69) is 42.7 Å². The van der Waals surface area contributed by atoms with Gasteiger partial charge >= 0.3 is 0 Å². The van der Waals surface area contributed by atoms with E-state index in [1.165, 1.54) is 18.7 Å². The molecule has 0 saturated heterocycles. The van der Waals surface area contributed by atoms with Gasteiger partial charge in [0, 0.05) is 31.9 Å². The summed E-state index contributed by atoms with van der Waals surface area (Å²) in [5.74, 6) is 2.01. The Morgan fingerprint density at radius 3 is 2.76 bits per heavy atom. The molecule has 1 aliphatic rings. The predicted octanol–water partition coefficient (Wildman–Crippen LogP) is 2.38. The van der Waals surface area contributed by atoms with Crippen molar-refractivity contribution in [3.8, 4) is 0 Å². The second-order valence-electron chi connectivity index (χ2n) is 6.02. The van der Waals surface area contributed by atoms with Crippen molar-refractivity contribution in [3.63, 3.8) is 0 Å². The summed E-state index contributed by atoms with van der Waals surface area (Å²) in [5.41, 5.74) is 0.524. The highest BCUT2D eigenvalue weighted by atomic mass is 15.0. The van der Waals surface area contributed by atoms with Crippen molar-refractivity contribution in [3.05, 3.63) is 18.2 Å². The van der Waals surface area contributed by atoms with Crippen LogP contribution in [0.2, 0.25) is 0 Å². The lowest BCUT2D eigenvalue weighted by atomic mass is 10.0. The van der Waals surface area contributed by atoms with E-state index in [9.17, 15) is 0 Å². The second-order valence-corrected chi connectivity index (χ2v) is 6.02. The highest BCUT2D eigenvalue weighted by Gasteiger charge is 2.49. The lowest BCUT2D eigenvalue weighted by Crippen LogP contribution is -2.35. The molecular weight excluding hydrogens is 210 g/mol. The van der Waals surface area contributed by atoms with Crippen molar-refractivity contribution in [2.45, 2.75) is 46.1 Å². The van der Waals surface area contributed by atoms with Gasteiger partial charge in [-0.05, 0) is 30.7 Å². The largest absolute Gasteiger partial charge is 0.338 e. The molecule has 1 fully saturated rings. The molecule has 0 aliphatic heterocycles. The van der Waals surface area contributed by atoms with Gasteiger partial charge in [0.2, 0.25) is 0 Å². The van der Waals surface area contributed by atoms with Crippen LogP contribution in [-0.2, 0) is 13.5 Å². The fourth-order valence-corrected chi connectivity index (χ4v) is 2.67. The maximum Gasteiger partial charge on any atom is 0.109 e. The van der Waals surface area contributed by atoms with Gasteiger partial charge in [0.15, 0.2) is 0 Å². The third kappa shape index (κ3) is 2.89. The summed E-state index contributed by atoms with van der Waals surface area (Å²) >= 11 is 0. The quantitative estimate of drug-likeness (QED) is 0.820. The third-order valence-corrected chi connectivity index (χ3v) is 4.06. The summed E-state index contributed by atoms with van der Waals surface area (Å²) in [6, 6.07) is 0.589. The monoisotopic (exact) mass is 235 g/mol. The summed E-state index contributed by atoms with van der Waals surface area (Å²) in [4.78, 5) is 4.44. The number of imidazole rings is 1. The molecule has 3 heteroatoms. The van der Waals surface area contributed by atoms with E-state index in [0.717, 1.165) is 18.9 Å². The smallest absolute Gasteiger partial charge is 0.109 e. The van der Waals surface area contributed by atoms with Gasteiger partial charge in [-0.1, -0.05) is 20.8 Å². The summed E-state index contributed by atoms with van der Waals surface area (Å²) in [6.07, 6.45) is 7.52. The van der Waals surface area contributed by atoms with Crippen molar-refractivity contribution in [2.24, 2.45) is 18.4 Å². The molecule has 0 bridgehead atoms. The molecule has 2 rings (SSSR count). The highest BCUT2D eigenvalue weighted by molar-refractivity contribution is 5.06. The van der Waals surface area contributed by atoms with Crippen LogP contribution in [0.4, 0.5) is 0 Å². The molecule has 1 aromatic rings. The predicted molar refractivity (Wildman–Crippen MR) is 70.9 cm³/mol. The Hall–Kier alpha value is -0.830. The molecule has 1 N–H and O–H groups in total. The van der Waals surface area contributed by atoms with E-state index >= 15 is 0 Å². The topological polar surface area (TPSA) is 29.9 Å². The van der Waals surface area contributed by atoms with Gasteiger partial charge in [0.05, 0.1) is 0 Å². The van der Waals surface area contributed by atoms with Gasteiger partial charge in [0.1, 0.15) is 5.82 Å². The van der Waals surface area contributed by atoms with Crippen LogP contribution in [0.3, 0.4) is 0 Å². The molecule has 0 amide bonds. The summed E-state index contributed by atoms with van der Waals surface area (Å²) in [6.45, 7) is 8.08. The zero-order valence-corrected chi connectivity index (χ0v) is 11.5. The molecule has 1 aliphatic carbocycles. The van der Waals surface area contributed by atoms with Crippen LogP contribution in [0, 0.1) is 11.3 Å². The van der Waals surface area contributed by atoms with Crippen LogP contribution in [0.1, 0.15) is 39.4 Å². The minimum absolute atomic E-state index is 0.524. The molecule has 2 unspecified atom stereocenters. The Morgan fingerprint density at radius 1 is 1.59 bits per heavy atom. The Morgan fingerprint density at radius 2 is 2.29 bits per heavy atom. The molecule has 17 heavy (non-hydrogen) atoms. The Kier molecular flexibility index (Phi) is 3.57. The van der Waals surface area contributed by atoms with Crippen LogP contribution in [0.5, 0.6) is 0 Å². The molecule has 0 spiro atoms. The standard InChI is InChI=1S/C14H25N3/c1-5-6-15-12(11-10-14(11,2)3)9-13-16-7-8-17(13)4/h7-8,11-12,15H,5-6,9-10H2,1-4H3. The van der Waals surface area contributed by atoms with Crippen molar-refractivity contribution in [1.82, 2.24) is 14.9 Å². The molecule has 0 aromatic carbocycles. The van der Waals surface area contributed by atoms with Crippen LogP contribution in [0.15, 0.2) is 12.4 Å². The minimum Gasteiger partial charge on any atom is -0.338 e. The van der Waals surface area contributed by atoms with E-state index in [1.54, 1.807) is 0 Å². The first-order valence-electron chi connectivity index (χ1n) is 6.74. The number of aromatic nitrogens is 2. The number of hydrogen-bond donors (Lipinski definition) is 1. The summed E-state index contributed by atoms with van der Waals surface area (Å²) in [5, 5.41) is 3.70. The highest BCUT2D eigenvalue weighted by Crippen LogP contribution is 2.53. The lowest BCUT2D eigenvalue weighted by molar-refractivity contribution is 0.394. The van der Waals surface area contributed by atoms with Crippen LogP contribution < -0.4 is 5.32 Å². The Labute approximate surface area is 105 Å². The average Bonchev–Trinajstić information content (AvgIpc) is 2.71. The molecule has 1 heterocycles. The van der Waals surface area contributed by atoms with Crippen molar-refractivity contribution in [1.29, 1.82) is 0 Å². The molecule has 1 saturated carbocycles. The summed E-state index contributed by atoms with van der Waals surface area (Å²) in [7, 11) is 2.08. The van der Waals surface area contributed by atoms with Gasteiger partial charge in [-0.25, -0.2) is 4.98 Å². The number of aryl methyl sites for hydroxylation is 1. The lowest BCUT2D eigenvalue weighted by Gasteiger charge is -2.20. The van der Waals surface area contributed by atoms with Crippen molar-refractivity contribution >= 4 is 0 Å². The average molecular weight is 235 g/mol. The maximum atomic E-state index is 4.44. The normalized spacial score (nSPS) is 23.6.